The number of carboxylic acid groups (broad SMARTS) is 1. The summed E-state index contributed by atoms with van der Waals surface area (Å²) in [4.78, 5) is 10.8. The van der Waals surface area contributed by atoms with Crippen molar-refractivity contribution in [2.45, 2.75) is 26.3 Å². The number of aromatic nitrogens is 4. The average Bonchev–Trinajstić information content (AvgIpc) is 2.96. The minimum atomic E-state index is -0.814. The van der Waals surface area contributed by atoms with E-state index >= 15 is 0 Å². The molecular weight excluding hydrogens is 316 g/mol. The normalized spacial score (nSPS) is 12.5. The van der Waals surface area contributed by atoms with Gasteiger partial charge in [0.15, 0.2) is 10.5 Å². The van der Waals surface area contributed by atoms with Gasteiger partial charge in [-0.05, 0) is 38.3 Å². The van der Waals surface area contributed by atoms with Gasteiger partial charge >= 0.3 is 5.97 Å². The molecule has 0 aliphatic carbocycles. The van der Waals surface area contributed by atoms with Crippen molar-refractivity contribution < 1.29 is 14.3 Å². The lowest BCUT2D eigenvalue weighted by Crippen LogP contribution is -2.16. The van der Waals surface area contributed by atoms with Crippen LogP contribution < -0.4 is 0 Å². The summed E-state index contributed by atoms with van der Waals surface area (Å²) >= 11 is 3.28. The summed E-state index contributed by atoms with van der Waals surface area (Å²) < 4.78 is 7.31. The van der Waals surface area contributed by atoms with E-state index in [4.69, 9.17) is 9.52 Å². The number of carboxylic acids is 1. The maximum absolute atomic E-state index is 10.8. The maximum Gasteiger partial charge on any atom is 0.303 e. The first-order valence-corrected chi connectivity index (χ1v) is 6.62. The van der Waals surface area contributed by atoms with Crippen LogP contribution in [0.3, 0.4) is 0 Å². The molecule has 2 aromatic heterocycles. The van der Waals surface area contributed by atoms with E-state index in [1.54, 1.807) is 10.7 Å². The van der Waals surface area contributed by atoms with Gasteiger partial charge in [0.25, 0.3) is 0 Å². The smallest absolute Gasteiger partial charge is 0.303 e. The first kappa shape index (κ1) is 13.7. The van der Waals surface area contributed by atoms with Gasteiger partial charge in [-0.3, -0.25) is 4.79 Å². The summed E-state index contributed by atoms with van der Waals surface area (Å²) in [6.07, 6.45) is 2.38. The molecule has 1 N–H and O–H groups in total. The molecule has 0 bridgehead atoms. The molecule has 0 aromatic carbocycles. The number of furan rings is 1. The number of nitrogens with zero attached hydrogens (tertiary/aromatic N) is 4. The van der Waals surface area contributed by atoms with Gasteiger partial charge < -0.3 is 9.52 Å². The van der Waals surface area contributed by atoms with Gasteiger partial charge in [-0.2, -0.15) is 0 Å². The predicted molar refractivity (Wildman–Crippen MR) is 69.3 cm³/mol. The van der Waals surface area contributed by atoms with Crippen molar-refractivity contribution in [3.8, 4) is 11.4 Å². The number of rotatable bonds is 6. The van der Waals surface area contributed by atoms with Crippen LogP contribution in [-0.2, 0) is 11.3 Å². The quantitative estimate of drug-likeness (QED) is 0.873. The molecule has 102 valence electrons. The van der Waals surface area contributed by atoms with E-state index in [1.807, 2.05) is 6.92 Å². The minimum Gasteiger partial charge on any atom is -0.481 e. The van der Waals surface area contributed by atoms with E-state index in [-0.39, 0.29) is 12.3 Å². The molecule has 0 amide bonds. The first-order chi connectivity index (χ1) is 9.11. The molecule has 0 aliphatic rings. The van der Waals surface area contributed by atoms with Crippen LogP contribution in [-0.4, -0.2) is 31.3 Å². The van der Waals surface area contributed by atoms with Gasteiger partial charge in [0.2, 0.25) is 0 Å². The van der Waals surface area contributed by atoms with Crippen LogP contribution in [0.15, 0.2) is 21.4 Å². The molecule has 0 spiro atoms. The molecule has 0 aliphatic heterocycles. The fraction of sp³-hybridized carbons (Fsp3) is 0.455. The van der Waals surface area contributed by atoms with Crippen LogP contribution in [0.5, 0.6) is 0 Å². The fourth-order valence-electron chi connectivity index (χ4n) is 1.80. The highest BCUT2D eigenvalue weighted by atomic mass is 79.9. The molecule has 2 aromatic rings. The second-order valence-corrected chi connectivity index (χ2v) is 4.88. The van der Waals surface area contributed by atoms with Crippen molar-refractivity contribution in [3.05, 3.63) is 17.0 Å². The lowest BCUT2D eigenvalue weighted by molar-refractivity contribution is -0.138. The number of halogens is 1. The van der Waals surface area contributed by atoms with Crippen LogP contribution in [0.4, 0.5) is 0 Å². The number of carbonyl (C=O) groups is 1. The van der Waals surface area contributed by atoms with Crippen molar-refractivity contribution in [1.29, 1.82) is 0 Å². The van der Waals surface area contributed by atoms with Gasteiger partial charge in [0.1, 0.15) is 0 Å². The number of aliphatic carboxylic acids is 1. The molecule has 2 rings (SSSR count). The summed E-state index contributed by atoms with van der Waals surface area (Å²) in [6, 6.07) is 1.75. The zero-order valence-electron chi connectivity index (χ0n) is 10.3. The van der Waals surface area contributed by atoms with Gasteiger partial charge in [-0.15, -0.1) is 5.10 Å². The van der Waals surface area contributed by atoms with E-state index in [2.05, 4.69) is 31.5 Å². The van der Waals surface area contributed by atoms with Crippen molar-refractivity contribution in [2.75, 3.05) is 0 Å². The SMILES string of the molecule is CCC(CC(=O)O)Cn1nnnc1-c1ccoc1Br. The summed E-state index contributed by atoms with van der Waals surface area (Å²) in [5, 5.41) is 20.4. The zero-order valence-corrected chi connectivity index (χ0v) is 11.9. The van der Waals surface area contributed by atoms with E-state index in [0.717, 1.165) is 12.0 Å². The summed E-state index contributed by atoms with van der Waals surface area (Å²) in [6.45, 7) is 2.41. The van der Waals surface area contributed by atoms with Crippen LogP contribution in [0.25, 0.3) is 11.4 Å². The lowest BCUT2D eigenvalue weighted by atomic mass is 10.0. The van der Waals surface area contributed by atoms with Crippen molar-refractivity contribution >= 4 is 21.9 Å². The Morgan fingerprint density at radius 2 is 2.42 bits per heavy atom. The van der Waals surface area contributed by atoms with Gasteiger partial charge in [0.05, 0.1) is 11.8 Å². The van der Waals surface area contributed by atoms with E-state index < -0.39 is 5.97 Å². The standard InChI is InChI=1S/C11H13BrN4O3/c1-2-7(5-9(17)18)6-16-11(13-14-15-16)8-3-4-19-10(8)12/h3-4,7H,2,5-6H2,1H3,(H,17,18). The van der Waals surface area contributed by atoms with E-state index in [1.165, 1.54) is 6.26 Å². The van der Waals surface area contributed by atoms with Gasteiger partial charge in [-0.25, -0.2) is 4.68 Å². The number of tetrazole rings is 1. The molecule has 0 radical (unpaired) electrons. The highest BCUT2D eigenvalue weighted by molar-refractivity contribution is 9.10. The van der Waals surface area contributed by atoms with Crippen molar-refractivity contribution in [3.63, 3.8) is 0 Å². The molecule has 1 unspecified atom stereocenters. The Balaban J connectivity index is 2.20. The Morgan fingerprint density at radius 1 is 1.63 bits per heavy atom. The molecule has 7 nitrogen and oxygen atoms in total. The molecule has 1 atom stereocenters. The summed E-state index contributed by atoms with van der Waals surface area (Å²) in [5.74, 6) is -0.263. The molecule has 19 heavy (non-hydrogen) atoms. The monoisotopic (exact) mass is 328 g/mol. The van der Waals surface area contributed by atoms with Crippen molar-refractivity contribution in [2.24, 2.45) is 5.92 Å². The molecule has 0 saturated carbocycles. The Labute approximate surface area is 117 Å². The topological polar surface area (TPSA) is 94.0 Å². The number of hydrogen-bond donors (Lipinski definition) is 1. The maximum atomic E-state index is 10.8. The molecular formula is C11H13BrN4O3. The Morgan fingerprint density at radius 3 is 3.00 bits per heavy atom. The van der Waals surface area contributed by atoms with Crippen LogP contribution in [0.2, 0.25) is 0 Å². The van der Waals surface area contributed by atoms with E-state index in [0.29, 0.717) is 17.0 Å². The largest absolute Gasteiger partial charge is 0.481 e. The van der Waals surface area contributed by atoms with Crippen LogP contribution in [0.1, 0.15) is 19.8 Å². The van der Waals surface area contributed by atoms with Gasteiger partial charge in [0, 0.05) is 13.0 Å². The second kappa shape index (κ2) is 5.96. The van der Waals surface area contributed by atoms with Gasteiger partial charge in [-0.1, -0.05) is 13.3 Å². The summed E-state index contributed by atoms with van der Waals surface area (Å²) in [7, 11) is 0. The number of hydrogen-bond acceptors (Lipinski definition) is 5. The first-order valence-electron chi connectivity index (χ1n) is 5.83. The third kappa shape index (κ3) is 3.19. The molecule has 0 fully saturated rings. The highest BCUT2D eigenvalue weighted by Crippen LogP contribution is 2.27. The fourth-order valence-corrected chi connectivity index (χ4v) is 2.22. The lowest BCUT2D eigenvalue weighted by Gasteiger charge is -2.12. The predicted octanol–water partition coefficient (Wildman–Crippen LogP) is 2.20. The molecule has 8 heteroatoms. The second-order valence-electron chi connectivity index (χ2n) is 4.16. The zero-order chi connectivity index (χ0) is 13.8. The average molecular weight is 329 g/mol. The highest BCUT2D eigenvalue weighted by Gasteiger charge is 2.18. The minimum absolute atomic E-state index is 0.00886. The third-order valence-corrected chi connectivity index (χ3v) is 3.48. The Kier molecular flexibility index (Phi) is 4.31. The van der Waals surface area contributed by atoms with E-state index in [9.17, 15) is 4.79 Å². The Bertz CT molecular complexity index is 566. The summed E-state index contributed by atoms with van der Waals surface area (Å²) in [5.41, 5.74) is 0.746. The third-order valence-electron chi connectivity index (χ3n) is 2.86. The van der Waals surface area contributed by atoms with Crippen molar-refractivity contribution in [1.82, 2.24) is 20.2 Å². The van der Waals surface area contributed by atoms with Crippen LogP contribution >= 0.6 is 15.9 Å². The molecule has 0 saturated heterocycles. The molecule has 2 heterocycles. The Hall–Kier alpha value is -1.70. The van der Waals surface area contributed by atoms with Crippen LogP contribution in [0, 0.1) is 5.92 Å².